The van der Waals surface area contributed by atoms with Crippen LogP contribution in [0.4, 0.5) is 5.69 Å². The summed E-state index contributed by atoms with van der Waals surface area (Å²) >= 11 is 0. The number of nitrogens with one attached hydrogen (secondary N) is 2. The summed E-state index contributed by atoms with van der Waals surface area (Å²) < 4.78 is 0. The van der Waals surface area contributed by atoms with Crippen molar-refractivity contribution in [3.63, 3.8) is 0 Å². The third kappa shape index (κ3) is 4.15. The Balaban J connectivity index is 1.55. The molecule has 30 heavy (non-hydrogen) atoms. The summed E-state index contributed by atoms with van der Waals surface area (Å²) in [6.07, 6.45) is 0.183. The highest BCUT2D eigenvalue weighted by Crippen LogP contribution is 2.21. The van der Waals surface area contributed by atoms with Crippen LogP contribution in [-0.2, 0) is 6.42 Å². The number of hydrogen-bond donors (Lipinski definition) is 2. The van der Waals surface area contributed by atoms with E-state index in [0.29, 0.717) is 22.6 Å². The van der Waals surface area contributed by atoms with Crippen LogP contribution in [0.25, 0.3) is 11.4 Å². The molecule has 4 rings (SSSR count). The largest absolute Gasteiger partial charge is 0.321 e. The minimum Gasteiger partial charge on any atom is -0.321 e. The van der Waals surface area contributed by atoms with Crippen LogP contribution in [0.2, 0.25) is 0 Å². The van der Waals surface area contributed by atoms with Gasteiger partial charge in [0.05, 0.1) is 5.69 Å². The van der Waals surface area contributed by atoms with Crippen molar-refractivity contribution in [3.8, 4) is 11.4 Å². The second kappa shape index (κ2) is 8.48. The molecule has 1 heterocycles. The van der Waals surface area contributed by atoms with Gasteiger partial charge in [-0.25, -0.2) is 0 Å². The molecule has 0 radical (unpaired) electrons. The van der Waals surface area contributed by atoms with E-state index < -0.39 is 0 Å². The first kappa shape index (κ1) is 19.2. The van der Waals surface area contributed by atoms with Gasteiger partial charge in [0.2, 0.25) is 5.82 Å². The van der Waals surface area contributed by atoms with Crippen molar-refractivity contribution in [2.75, 3.05) is 5.32 Å². The number of Topliss-reactive ketones (excluding diaryl/α,β-unsaturated/α-hetero) is 1. The number of aromatic amines is 1. The van der Waals surface area contributed by atoms with Gasteiger partial charge in [-0.1, -0.05) is 48.5 Å². The molecule has 148 valence electrons. The van der Waals surface area contributed by atoms with E-state index in [9.17, 15) is 9.59 Å². The van der Waals surface area contributed by atoms with Crippen LogP contribution in [-0.4, -0.2) is 32.3 Å². The Hall–Kier alpha value is -4.13. The SMILES string of the molecule is Cc1ccccc1C(=O)Nc1ccccc1C(=O)Cc1cccc(-c2nn[nH]n2)c1. The van der Waals surface area contributed by atoms with Gasteiger partial charge in [0.15, 0.2) is 5.78 Å². The molecule has 0 aliphatic rings. The zero-order chi connectivity index (χ0) is 20.9. The topological polar surface area (TPSA) is 101 Å². The fraction of sp³-hybridized carbons (Fsp3) is 0.0870. The number of nitrogens with zero attached hydrogens (tertiary/aromatic N) is 3. The van der Waals surface area contributed by atoms with Crippen LogP contribution < -0.4 is 5.32 Å². The molecule has 0 saturated carbocycles. The van der Waals surface area contributed by atoms with E-state index in [2.05, 4.69) is 25.9 Å². The van der Waals surface area contributed by atoms with Gasteiger partial charge in [-0.15, -0.1) is 10.2 Å². The molecular formula is C23H19N5O2. The summed E-state index contributed by atoms with van der Waals surface area (Å²) in [5, 5.41) is 16.8. The molecule has 2 N–H and O–H groups in total. The van der Waals surface area contributed by atoms with Crippen molar-refractivity contribution in [3.05, 3.63) is 95.1 Å². The maximum Gasteiger partial charge on any atom is 0.255 e. The number of benzene rings is 3. The van der Waals surface area contributed by atoms with Crippen molar-refractivity contribution in [1.29, 1.82) is 0 Å². The molecule has 4 aromatic rings. The molecule has 0 saturated heterocycles. The maximum absolute atomic E-state index is 13.0. The summed E-state index contributed by atoms with van der Waals surface area (Å²) in [5.41, 5.74) is 4.00. The van der Waals surface area contributed by atoms with E-state index in [1.807, 2.05) is 49.4 Å². The van der Waals surface area contributed by atoms with Crippen molar-refractivity contribution in [2.24, 2.45) is 0 Å². The van der Waals surface area contributed by atoms with E-state index in [0.717, 1.165) is 16.7 Å². The number of aryl methyl sites for hydroxylation is 1. The Morgan fingerprint density at radius 2 is 1.70 bits per heavy atom. The lowest BCUT2D eigenvalue weighted by atomic mass is 9.99. The van der Waals surface area contributed by atoms with Gasteiger partial charge in [0, 0.05) is 23.1 Å². The first-order valence-corrected chi connectivity index (χ1v) is 9.44. The van der Waals surface area contributed by atoms with Crippen LogP contribution in [0.15, 0.2) is 72.8 Å². The third-order valence-corrected chi connectivity index (χ3v) is 4.76. The van der Waals surface area contributed by atoms with E-state index in [4.69, 9.17) is 0 Å². The highest BCUT2D eigenvalue weighted by Gasteiger charge is 2.16. The van der Waals surface area contributed by atoms with Crippen molar-refractivity contribution < 1.29 is 9.59 Å². The molecule has 0 bridgehead atoms. The van der Waals surface area contributed by atoms with Gasteiger partial charge in [0.1, 0.15) is 0 Å². The number of ketones is 1. The first-order valence-electron chi connectivity index (χ1n) is 9.44. The van der Waals surface area contributed by atoms with E-state index >= 15 is 0 Å². The number of hydrogen-bond acceptors (Lipinski definition) is 5. The second-order valence-electron chi connectivity index (χ2n) is 6.85. The summed E-state index contributed by atoms with van der Waals surface area (Å²) in [4.78, 5) is 25.7. The molecule has 0 fully saturated rings. The van der Waals surface area contributed by atoms with Crippen LogP contribution in [0, 0.1) is 6.92 Å². The highest BCUT2D eigenvalue weighted by atomic mass is 16.1. The third-order valence-electron chi connectivity index (χ3n) is 4.76. The first-order chi connectivity index (χ1) is 14.6. The highest BCUT2D eigenvalue weighted by molar-refractivity contribution is 6.10. The smallest absolute Gasteiger partial charge is 0.255 e. The molecule has 1 amide bonds. The maximum atomic E-state index is 13.0. The fourth-order valence-electron chi connectivity index (χ4n) is 3.24. The van der Waals surface area contributed by atoms with Crippen molar-refractivity contribution in [2.45, 2.75) is 13.3 Å². The minimum absolute atomic E-state index is 0.0963. The number of para-hydroxylation sites is 1. The Morgan fingerprint density at radius 1 is 0.933 bits per heavy atom. The molecule has 7 heteroatoms. The van der Waals surface area contributed by atoms with Crippen LogP contribution >= 0.6 is 0 Å². The molecule has 0 spiro atoms. The monoisotopic (exact) mass is 397 g/mol. The molecule has 7 nitrogen and oxygen atoms in total. The second-order valence-corrected chi connectivity index (χ2v) is 6.85. The lowest BCUT2D eigenvalue weighted by molar-refractivity contribution is 0.0994. The molecule has 0 atom stereocenters. The van der Waals surface area contributed by atoms with E-state index in [1.165, 1.54) is 0 Å². The Labute approximate surface area is 173 Å². The number of anilines is 1. The van der Waals surface area contributed by atoms with Crippen LogP contribution in [0.5, 0.6) is 0 Å². The normalized spacial score (nSPS) is 10.6. The predicted molar refractivity (Wildman–Crippen MR) is 113 cm³/mol. The molecule has 3 aromatic carbocycles. The average molecular weight is 397 g/mol. The van der Waals surface area contributed by atoms with E-state index in [1.54, 1.807) is 30.3 Å². The predicted octanol–water partition coefficient (Wildman–Crippen LogP) is 3.85. The lowest BCUT2D eigenvalue weighted by Crippen LogP contribution is -2.16. The quantitative estimate of drug-likeness (QED) is 0.481. The Morgan fingerprint density at radius 3 is 2.47 bits per heavy atom. The van der Waals surface area contributed by atoms with Crippen LogP contribution in [0.1, 0.15) is 31.8 Å². The van der Waals surface area contributed by atoms with Gasteiger partial charge < -0.3 is 5.32 Å². The van der Waals surface area contributed by atoms with Crippen molar-refractivity contribution in [1.82, 2.24) is 20.6 Å². The van der Waals surface area contributed by atoms with Gasteiger partial charge in [-0.05, 0) is 47.5 Å². The standard InChI is InChI=1S/C23H19N5O2/c1-15-7-2-3-10-18(15)23(30)24-20-12-5-4-11-19(20)21(29)14-16-8-6-9-17(13-16)22-25-27-28-26-22/h2-13H,14H2,1H3,(H,24,30)(H,25,26,27,28). The van der Waals surface area contributed by atoms with Gasteiger partial charge in [-0.2, -0.15) is 5.21 Å². The summed E-state index contributed by atoms with van der Waals surface area (Å²) in [5.74, 6) is 0.128. The summed E-state index contributed by atoms with van der Waals surface area (Å²) in [6, 6.07) is 21.8. The number of amides is 1. The summed E-state index contributed by atoms with van der Waals surface area (Å²) in [7, 11) is 0. The molecule has 0 unspecified atom stereocenters. The minimum atomic E-state index is -0.243. The number of carbonyl (C=O) groups excluding carboxylic acids is 2. The molecule has 0 aliphatic carbocycles. The number of rotatable bonds is 6. The van der Waals surface area contributed by atoms with Gasteiger partial charge in [0.25, 0.3) is 5.91 Å². The van der Waals surface area contributed by atoms with Crippen LogP contribution in [0.3, 0.4) is 0 Å². The van der Waals surface area contributed by atoms with Crippen molar-refractivity contribution >= 4 is 17.4 Å². The van der Waals surface area contributed by atoms with E-state index in [-0.39, 0.29) is 18.1 Å². The van der Waals surface area contributed by atoms with Gasteiger partial charge in [-0.3, -0.25) is 9.59 Å². The lowest BCUT2D eigenvalue weighted by Gasteiger charge is -2.12. The zero-order valence-corrected chi connectivity index (χ0v) is 16.3. The number of H-pyrrole nitrogens is 1. The molecule has 0 aliphatic heterocycles. The fourth-order valence-corrected chi connectivity index (χ4v) is 3.24. The Kier molecular flexibility index (Phi) is 5.43. The summed E-state index contributed by atoms with van der Waals surface area (Å²) in [6.45, 7) is 1.88. The molecule has 1 aromatic heterocycles. The number of aromatic nitrogens is 4. The zero-order valence-electron chi connectivity index (χ0n) is 16.3. The number of tetrazole rings is 1. The molecular weight excluding hydrogens is 378 g/mol. The Bertz CT molecular complexity index is 1200. The van der Waals surface area contributed by atoms with Gasteiger partial charge >= 0.3 is 0 Å². The average Bonchev–Trinajstić information content (AvgIpc) is 3.29. The number of carbonyl (C=O) groups is 2.